The van der Waals surface area contributed by atoms with Gasteiger partial charge in [-0.25, -0.2) is 0 Å². The van der Waals surface area contributed by atoms with Crippen molar-refractivity contribution in [3.05, 3.63) is 41.8 Å². The molecule has 1 saturated carbocycles. The van der Waals surface area contributed by atoms with E-state index in [1.807, 2.05) is 18.3 Å². The van der Waals surface area contributed by atoms with E-state index >= 15 is 0 Å². The third-order valence-corrected chi connectivity index (χ3v) is 3.47. The predicted molar refractivity (Wildman–Crippen MR) is 65.7 cm³/mol. The third kappa shape index (κ3) is 2.13. The van der Waals surface area contributed by atoms with Crippen LogP contribution in [0.1, 0.15) is 43.0 Å². The van der Waals surface area contributed by atoms with Gasteiger partial charge in [-0.15, -0.1) is 0 Å². The molecular formula is C13H16N4O. The molecule has 1 aliphatic rings. The van der Waals surface area contributed by atoms with Gasteiger partial charge in [0.15, 0.2) is 5.82 Å². The lowest BCUT2D eigenvalue weighted by molar-refractivity contribution is 0.284. The van der Waals surface area contributed by atoms with Gasteiger partial charge in [-0.05, 0) is 24.5 Å². The first-order valence-corrected chi connectivity index (χ1v) is 6.27. The lowest BCUT2D eigenvalue weighted by atomic mass is 9.99. The van der Waals surface area contributed by atoms with Crippen molar-refractivity contribution in [2.45, 2.75) is 37.6 Å². The lowest BCUT2D eigenvalue weighted by Gasteiger charge is -2.17. The normalized spacial score (nSPS) is 18.1. The number of hydrogen-bond acceptors (Lipinski definition) is 5. The second kappa shape index (κ2) is 4.49. The van der Waals surface area contributed by atoms with Crippen LogP contribution in [0.4, 0.5) is 0 Å². The van der Waals surface area contributed by atoms with Crippen molar-refractivity contribution in [2.24, 2.45) is 5.73 Å². The Labute approximate surface area is 105 Å². The van der Waals surface area contributed by atoms with Gasteiger partial charge in [0.2, 0.25) is 5.89 Å². The van der Waals surface area contributed by atoms with Gasteiger partial charge in [0.25, 0.3) is 0 Å². The summed E-state index contributed by atoms with van der Waals surface area (Å²) >= 11 is 0. The largest absolute Gasteiger partial charge is 0.337 e. The van der Waals surface area contributed by atoms with Crippen LogP contribution in [-0.2, 0) is 12.0 Å². The Balaban J connectivity index is 1.78. The second-order valence-corrected chi connectivity index (χ2v) is 4.92. The summed E-state index contributed by atoms with van der Waals surface area (Å²) in [6.45, 7) is 0. The predicted octanol–water partition coefficient (Wildman–Crippen LogP) is 1.78. The van der Waals surface area contributed by atoms with Crippen LogP contribution in [0.25, 0.3) is 0 Å². The van der Waals surface area contributed by atoms with E-state index in [1.54, 1.807) is 6.20 Å². The molecule has 0 aliphatic heterocycles. The van der Waals surface area contributed by atoms with Crippen LogP contribution in [-0.4, -0.2) is 15.1 Å². The molecule has 0 radical (unpaired) electrons. The quantitative estimate of drug-likeness (QED) is 0.890. The minimum atomic E-state index is -0.403. The van der Waals surface area contributed by atoms with E-state index in [0.29, 0.717) is 18.1 Å². The number of aromatic nitrogens is 3. The molecule has 2 aromatic rings. The summed E-state index contributed by atoms with van der Waals surface area (Å²) in [5.74, 6) is 1.26. The Morgan fingerprint density at radius 3 is 2.89 bits per heavy atom. The summed E-state index contributed by atoms with van der Waals surface area (Å²) in [7, 11) is 0. The summed E-state index contributed by atoms with van der Waals surface area (Å²) in [6, 6.07) is 3.90. The van der Waals surface area contributed by atoms with E-state index in [2.05, 4.69) is 15.1 Å². The molecule has 0 aromatic carbocycles. The molecule has 94 valence electrons. The van der Waals surface area contributed by atoms with Crippen LogP contribution in [0.3, 0.4) is 0 Å². The Hall–Kier alpha value is -1.75. The van der Waals surface area contributed by atoms with E-state index in [4.69, 9.17) is 10.3 Å². The van der Waals surface area contributed by atoms with E-state index < -0.39 is 5.54 Å². The summed E-state index contributed by atoms with van der Waals surface area (Å²) in [4.78, 5) is 8.50. The minimum absolute atomic E-state index is 0.403. The van der Waals surface area contributed by atoms with Crippen LogP contribution in [0.2, 0.25) is 0 Å². The molecule has 0 saturated heterocycles. The van der Waals surface area contributed by atoms with Gasteiger partial charge in [-0.3, -0.25) is 4.98 Å². The fraction of sp³-hybridized carbons (Fsp3) is 0.462. The van der Waals surface area contributed by atoms with Crippen molar-refractivity contribution in [1.82, 2.24) is 15.1 Å². The number of nitrogens with zero attached hydrogens (tertiary/aromatic N) is 3. The van der Waals surface area contributed by atoms with Crippen molar-refractivity contribution < 1.29 is 4.52 Å². The number of hydrogen-bond donors (Lipinski definition) is 1. The molecule has 5 nitrogen and oxygen atoms in total. The molecule has 1 fully saturated rings. The maximum Gasteiger partial charge on any atom is 0.246 e. The Morgan fingerprint density at radius 2 is 2.17 bits per heavy atom. The highest BCUT2D eigenvalue weighted by Crippen LogP contribution is 2.35. The van der Waals surface area contributed by atoms with Crippen molar-refractivity contribution in [2.75, 3.05) is 0 Å². The minimum Gasteiger partial charge on any atom is -0.337 e. The van der Waals surface area contributed by atoms with Crippen LogP contribution in [0.5, 0.6) is 0 Å². The first-order valence-electron chi connectivity index (χ1n) is 6.27. The lowest BCUT2D eigenvalue weighted by Crippen LogP contribution is -2.33. The van der Waals surface area contributed by atoms with Crippen molar-refractivity contribution in [3.63, 3.8) is 0 Å². The van der Waals surface area contributed by atoms with Crippen LogP contribution in [0.15, 0.2) is 29.0 Å². The van der Waals surface area contributed by atoms with Gasteiger partial charge in [0.05, 0.1) is 5.54 Å². The van der Waals surface area contributed by atoms with Gasteiger partial charge in [-0.2, -0.15) is 4.98 Å². The first-order chi connectivity index (χ1) is 8.76. The Kier molecular flexibility index (Phi) is 2.83. The highest BCUT2D eigenvalue weighted by atomic mass is 16.5. The van der Waals surface area contributed by atoms with Crippen molar-refractivity contribution in [3.8, 4) is 0 Å². The van der Waals surface area contributed by atoms with Gasteiger partial charge in [-0.1, -0.05) is 24.1 Å². The zero-order chi connectivity index (χ0) is 12.4. The van der Waals surface area contributed by atoms with Gasteiger partial charge in [0, 0.05) is 18.8 Å². The number of rotatable bonds is 3. The van der Waals surface area contributed by atoms with E-state index in [-0.39, 0.29) is 0 Å². The van der Waals surface area contributed by atoms with Crippen LogP contribution >= 0.6 is 0 Å². The summed E-state index contributed by atoms with van der Waals surface area (Å²) in [5.41, 5.74) is 6.95. The van der Waals surface area contributed by atoms with Crippen LogP contribution in [0, 0.1) is 0 Å². The zero-order valence-corrected chi connectivity index (χ0v) is 10.2. The fourth-order valence-corrected chi connectivity index (χ4v) is 2.43. The summed E-state index contributed by atoms with van der Waals surface area (Å²) in [6.07, 6.45) is 8.33. The maximum atomic E-state index is 6.28. The molecule has 2 N–H and O–H groups in total. The molecular weight excluding hydrogens is 228 g/mol. The molecule has 0 unspecified atom stereocenters. The Bertz CT molecular complexity index is 517. The molecule has 0 bridgehead atoms. The molecule has 0 atom stereocenters. The molecule has 2 heterocycles. The fourth-order valence-electron chi connectivity index (χ4n) is 2.43. The molecule has 5 heteroatoms. The zero-order valence-electron chi connectivity index (χ0n) is 10.2. The van der Waals surface area contributed by atoms with Gasteiger partial charge >= 0.3 is 0 Å². The first kappa shape index (κ1) is 11.3. The third-order valence-electron chi connectivity index (χ3n) is 3.47. The molecule has 0 spiro atoms. The van der Waals surface area contributed by atoms with E-state index in [0.717, 1.165) is 31.2 Å². The van der Waals surface area contributed by atoms with Crippen molar-refractivity contribution >= 4 is 0 Å². The highest BCUT2D eigenvalue weighted by molar-refractivity contribution is 5.14. The van der Waals surface area contributed by atoms with Crippen molar-refractivity contribution in [1.29, 1.82) is 0 Å². The molecule has 1 aliphatic carbocycles. The number of pyridine rings is 1. The number of nitrogens with two attached hydrogens (primary N) is 1. The molecule has 2 aromatic heterocycles. The van der Waals surface area contributed by atoms with Gasteiger partial charge < -0.3 is 10.3 Å². The Morgan fingerprint density at radius 1 is 1.33 bits per heavy atom. The molecule has 3 rings (SSSR count). The second-order valence-electron chi connectivity index (χ2n) is 4.92. The van der Waals surface area contributed by atoms with E-state index in [9.17, 15) is 0 Å². The summed E-state index contributed by atoms with van der Waals surface area (Å²) < 4.78 is 5.32. The maximum absolute atomic E-state index is 6.28. The monoisotopic (exact) mass is 244 g/mol. The average Bonchev–Trinajstić information content (AvgIpc) is 3.01. The molecule has 18 heavy (non-hydrogen) atoms. The summed E-state index contributed by atoms with van der Waals surface area (Å²) in [5, 5.41) is 4.01. The van der Waals surface area contributed by atoms with Gasteiger partial charge in [0.1, 0.15) is 0 Å². The topological polar surface area (TPSA) is 77.8 Å². The smallest absolute Gasteiger partial charge is 0.246 e. The van der Waals surface area contributed by atoms with E-state index in [1.165, 1.54) is 0 Å². The van der Waals surface area contributed by atoms with Crippen LogP contribution < -0.4 is 5.73 Å². The highest BCUT2D eigenvalue weighted by Gasteiger charge is 2.36. The standard InChI is InChI=1S/C13H16N4O/c14-13(5-1-2-6-13)12-16-11(17-18-12)8-10-4-3-7-15-9-10/h3-4,7,9H,1-2,5-6,8,14H2. The molecule has 0 amide bonds. The average molecular weight is 244 g/mol. The SMILES string of the molecule is NC1(c2nc(Cc3cccnc3)no2)CCCC1.